The Bertz CT molecular complexity index is 651. The second-order valence-corrected chi connectivity index (χ2v) is 4.46. The highest BCUT2D eigenvalue weighted by molar-refractivity contribution is 5.49. The highest BCUT2D eigenvalue weighted by atomic mass is 15.2. The van der Waals surface area contributed by atoms with Crippen LogP contribution in [0.25, 0.3) is 11.5 Å². The maximum Gasteiger partial charge on any atom is 0.160 e. The molecule has 0 radical (unpaired) electrons. The molecular weight excluding hydrogens is 226 g/mol. The van der Waals surface area contributed by atoms with Gasteiger partial charge < -0.3 is 10.1 Å². The molecule has 92 valence electrons. The first-order chi connectivity index (χ1) is 8.75. The summed E-state index contributed by atoms with van der Waals surface area (Å²) in [5.41, 5.74) is 7.97. The number of hydrogen-bond donors (Lipinski definition) is 1. The number of nitrogens with zero attached hydrogens (tertiary/aromatic N) is 4. The Morgan fingerprint density at radius 1 is 1.33 bits per heavy atom. The predicted octanol–water partition coefficient (Wildman–Crippen LogP) is 1.41. The average molecular weight is 241 g/mol. The van der Waals surface area contributed by atoms with E-state index < -0.39 is 0 Å². The van der Waals surface area contributed by atoms with Crippen LogP contribution in [0.15, 0.2) is 43.1 Å². The van der Waals surface area contributed by atoms with Gasteiger partial charge in [-0.05, 0) is 19.1 Å². The lowest BCUT2D eigenvalue weighted by Gasteiger charge is -2.07. The molecular formula is C13H15N5. The molecule has 1 atom stereocenters. The minimum Gasteiger partial charge on any atom is -0.328 e. The summed E-state index contributed by atoms with van der Waals surface area (Å²) < 4.78 is 4.00. The van der Waals surface area contributed by atoms with Gasteiger partial charge >= 0.3 is 0 Å². The third-order valence-corrected chi connectivity index (χ3v) is 2.87. The number of imidazole rings is 2. The minimum atomic E-state index is 0.0902. The van der Waals surface area contributed by atoms with Crippen molar-refractivity contribution in [3.63, 3.8) is 0 Å². The highest BCUT2D eigenvalue weighted by Crippen LogP contribution is 2.17. The third-order valence-electron chi connectivity index (χ3n) is 2.87. The summed E-state index contributed by atoms with van der Waals surface area (Å²) in [6, 6.07) is 6.06. The predicted molar refractivity (Wildman–Crippen MR) is 69.7 cm³/mol. The molecule has 3 aromatic rings. The lowest BCUT2D eigenvalue weighted by Crippen LogP contribution is -2.19. The number of fused-ring (bicyclic) bond motifs is 1. The van der Waals surface area contributed by atoms with Gasteiger partial charge in [0.1, 0.15) is 12.0 Å². The molecule has 0 amide bonds. The van der Waals surface area contributed by atoms with Crippen LogP contribution >= 0.6 is 0 Å². The van der Waals surface area contributed by atoms with E-state index in [2.05, 4.69) is 14.4 Å². The molecule has 0 saturated heterocycles. The number of hydrogen-bond acceptors (Lipinski definition) is 3. The van der Waals surface area contributed by atoms with Crippen molar-refractivity contribution < 1.29 is 0 Å². The van der Waals surface area contributed by atoms with E-state index >= 15 is 0 Å². The molecule has 2 N–H and O–H groups in total. The molecule has 3 aromatic heterocycles. The van der Waals surface area contributed by atoms with E-state index in [9.17, 15) is 0 Å². The highest BCUT2D eigenvalue weighted by Gasteiger charge is 2.14. The van der Waals surface area contributed by atoms with Crippen LogP contribution in [0.5, 0.6) is 0 Å². The van der Waals surface area contributed by atoms with Gasteiger partial charge in [0, 0.05) is 31.1 Å². The third kappa shape index (κ3) is 1.78. The minimum absolute atomic E-state index is 0.0902. The fourth-order valence-electron chi connectivity index (χ4n) is 2.12. The monoisotopic (exact) mass is 241 g/mol. The van der Waals surface area contributed by atoms with Crippen molar-refractivity contribution in [3.05, 3.63) is 48.8 Å². The summed E-state index contributed by atoms with van der Waals surface area (Å²) in [6.07, 6.45) is 8.19. The van der Waals surface area contributed by atoms with Crippen LogP contribution in [0.2, 0.25) is 0 Å². The van der Waals surface area contributed by atoms with Gasteiger partial charge in [0.2, 0.25) is 0 Å². The maximum atomic E-state index is 5.93. The van der Waals surface area contributed by atoms with Gasteiger partial charge in [0.05, 0.1) is 5.69 Å². The molecule has 3 heterocycles. The molecule has 0 saturated carbocycles. The molecule has 3 rings (SSSR count). The topological polar surface area (TPSA) is 61.1 Å². The van der Waals surface area contributed by atoms with E-state index in [1.165, 1.54) is 0 Å². The molecule has 0 aliphatic rings. The fraction of sp³-hybridized carbons (Fsp3) is 0.231. The average Bonchev–Trinajstić information content (AvgIpc) is 2.96. The van der Waals surface area contributed by atoms with Gasteiger partial charge in [-0.1, -0.05) is 6.07 Å². The van der Waals surface area contributed by atoms with E-state index in [-0.39, 0.29) is 6.04 Å². The van der Waals surface area contributed by atoms with Crippen molar-refractivity contribution in [3.8, 4) is 5.82 Å². The normalized spacial score (nSPS) is 13.0. The zero-order valence-electron chi connectivity index (χ0n) is 10.2. The molecule has 0 spiro atoms. The molecule has 5 heteroatoms. The maximum absolute atomic E-state index is 5.93. The molecule has 0 fully saturated rings. The van der Waals surface area contributed by atoms with Crippen LogP contribution < -0.4 is 5.73 Å². The smallest absolute Gasteiger partial charge is 0.160 e. The number of pyridine rings is 1. The van der Waals surface area contributed by atoms with E-state index in [0.717, 1.165) is 23.6 Å². The summed E-state index contributed by atoms with van der Waals surface area (Å²) in [7, 11) is 0. The molecule has 0 bridgehead atoms. The van der Waals surface area contributed by atoms with Crippen LogP contribution in [0.3, 0.4) is 0 Å². The largest absolute Gasteiger partial charge is 0.328 e. The van der Waals surface area contributed by atoms with Gasteiger partial charge in [-0.15, -0.1) is 0 Å². The van der Waals surface area contributed by atoms with Gasteiger partial charge in [0.15, 0.2) is 5.82 Å². The SMILES string of the molecule is CC(N)Cc1c(-n2ccnc2)nc2ccccn12. The van der Waals surface area contributed by atoms with E-state index in [0.29, 0.717) is 0 Å². The van der Waals surface area contributed by atoms with E-state index in [1.807, 2.05) is 42.1 Å². The fourth-order valence-corrected chi connectivity index (χ4v) is 2.12. The van der Waals surface area contributed by atoms with Crippen molar-refractivity contribution in [2.45, 2.75) is 19.4 Å². The van der Waals surface area contributed by atoms with Crippen LogP contribution in [0.4, 0.5) is 0 Å². The zero-order chi connectivity index (χ0) is 12.5. The quantitative estimate of drug-likeness (QED) is 0.754. The summed E-state index contributed by atoms with van der Waals surface area (Å²) in [5.74, 6) is 0.899. The lowest BCUT2D eigenvalue weighted by atomic mass is 10.2. The Morgan fingerprint density at radius 3 is 2.94 bits per heavy atom. The molecule has 1 unspecified atom stereocenters. The van der Waals surface area contributed by atoms with Crippen LogP contribution in [-0.2, 0) is 6.42 Å². The van der Waals surface area contributed by atoms with Crippen LogP contribution in [-0.4, -0.2) is 25.0 Å². The van der Waals surface area contributed by atoms with Crippen molar-refractivity contribution >= 4 is 5.65 Å². The van der Waals surface area contributed by atoms with Gasteiger partial charge in [0.25, 0.3) is 0 Å². The Morgan fingerprint density at radius 2 is 2.22 bits per heavy atom. The first kappa shape index (κ1) is 11.0. The molecule has 5 nitrogen and oxygen atoms in total. The van der Waals surface area contributed by atoms with Gasteiger partial charge in [-0.25, -0.2) is 9.97 Å². The summed E-state index contributed by atoms with van der Waals surface area (Å²) >= 11 is 0. The van der Waals surface area contributed by atoms with Crippen molar-refractivity contribution in [2.75, 3.05) is 0 Å². The molecule has 18 heavy (non-hydrogen) atoms. The number of aromatic nitrogens is 4. The van der Waals surface area contributed by atoms with E-state index in [4.69, 9.17) is 5.73 Å². The Hall–Kier alpha value is -2.14. The van der Waals surface area contributed by atoms with Gasteiger partial charge in [-0.2, -0.15) is 0 Å². The second-order valence-electron chi connectivity index (χ2n) is 4.46. The lowest BCUT2D eigenvalue weighted by molar-refractivity contribution is 0.711. The van der Waals surface area contributed by atoms with Crippen molar-refractivity contribution in [1.82, 2.24) is 18.9 Å². The standard InChI is InChI=1S/C13H15N5/c1-10(14)8-11-13(17-7-5-15-9-17)16-12-4-2-3-6-18(11)12/h2-7,9-10H,8,14H2,1H3. The second kappa shape index (κ2) is 4.27. The Labute approximate surface area is 105 Å². The zero-order valence-corrected chi connectivity index (χ0v) is 10.2. The molecule has 0 aliphatic heterocycles. The molecule has 0 aromatic carbocycles. The van der Waals surface area contributed by atoms with Crippen molar-refractivity contribution in [2.24, 2.45) is 5.73 Å². The van der Waals surface area contributed by atoms with E-state index in [1.54, 1.807) is 12.5 Å². The van der Waals surface area contributed by atoms with Crippen LogP contribution in [0.1, 0.15) is 12.6 Å². The van der Waals surface area contributed by atoms with Gasteiger partial charge in [-0.3, -0.25) is 4.57 Å². The van der Waals surface area contributed by atoms with Crippen molar-refractivity contribution in [1.29, 1.82) is 0 Å². The summed E-state index contributed by atoms with van der Waals surface area (Å²) in [5, 5.41) is 0. The number of rotatable bonds is 3. The Balaban J connectivity index is 2.23. The molecule has 0 aliphatic carbocycles. The summed E-state index contributed by atoms with van der Waals surface area (Å²) in [4.78, 5) is 8.71. The summed E-state index contributed by atoms with van der Waals surface area (Å²) in [6.45, 7) is 2.00. The first-order valence-electron chi connectivity index (χ1n) is 5.95. The number of nitrogens with two attached hydrogens (primary N) is 1. The Kier molecular flexibility index (Phi) is 2.60. The first-order valence-corrected chi connectivity index (χ1v) is 5.95. The van der Waals surface area contributed by atoms with Crippen LogP contribution in [0, 0.1) is 0 Å².